The van der Waals surface area contributed by atoms with E-state index in [1.165, 1.54) is 37.1 Å². The minimum absolute atomic E-state index is 0.00301. The van der Waals surface area contributed by atoms with Crippen molar-refractivity contribution < 1.29 is 9.59 Å². The molecule has 7 rings (SSSR count). The van der Waals surface area contributed by atoms with E-state index in [2.05, 4.69) is 61.3 Å². The lowest BCUT2D eigenvalue weighted by atomic mass is 9.90. The molecule has 2 amide bonds. The molecule has 1 unspecified atom stereocenters. The summed E-state index contributed by atoms with van der Waals surface area (Å²) in [6, 6.07) is 14.6. The molecule has 0 spiro atoms. The molecule has 3 N–H and O–H groups in total. The predicted octanol–water partition coefficient (Wildman–Crippen LogP) is 3.10. The third-order valence-electron chi connectivity index (χ3n) is 10.6. The van der Waals surface area contributed by atoms with Crippen LogP contribution in [0, 0.1) is 6.92 Å². The summed E-state index contributed by atoms with van der Waals surface area (Å²) in [6.45, 7) is 9.60. The number of amides is 2. The van der Waals surface area contributed by atoms with Crippen molar-refractivity contribution in [2.45, 2.75) is 57.0 Å². The van der Waals surface area contributed by atoms with Gasteiger partial charge in [-0.25, -0.2) is 0 Å². The van der Waals surface area contributed by atoms with E-state index in [0.717, 1.165) is 85.9 Å². The first-order chi connectivity index (χ1) is 23.3. The van der Waals surface area contributed by atoms with Crippen LogP contribution in [0.5, 0.6) is 0 Å². The van der Waals surface area contributed by atoms with Crippen LogP contribution in [0.3, 0.4) is 0 Å². The van der Waals surface area contributed by atoms with Crippen LogP contribution >= 0.6 is 0 Å². The Bertz CT molecular complexity index is 1740. The van der Waals surface area contributed by atoms with Crippen LogP contribution in [-0.4, -0.2) is 126 Å². The zero-order chi connectivity index (χ0) is 33.6. The monoisotopic (exact) mass is 654 g/mol. The number of pyridine rings is 1. The summed E-state index contributed by atoms with van der Waals surface area (Å²) in [5.74, 6) is 0.477. The van der Waals surface area contributed by atoms with E-state index in [1.807, 2.05) is 43.6 Å². The fourth-order valence-electron chi connectivity index (χ4n) is 7.65. The Kier molecular flexibility index (Phi) is 10.9. The van der Waals surface area contributed by atoms with Crippen LogP contribution < -0.4 is 10.9 Å². The van der Waals surface area contributed by atoms with Crippen molar-refractivity contribution >= 4 is 34.1 Å². The number of aryl methyl sites for hydroxylation is 1. The zero-order valence-corrected chi connectivity index (χ0v) is 28.6. The van der Waals surface area contributed by atoms with Crippen molar-refractivity contribution in [3.63, 3.8) is 0 Å². The number of piperazine rings is 1. The first kappa shape index (κ1) is 33.8. The number of nitrogens with one attached hydrogen (secondary N) is 3. The van der Waals surface area contributed by atoms with Gasteiger partial charge in [-0.1, -0.05) is 24.3 Å². The van der Waals surface area contributed by atoms with Gasteiger partial charge in [0, 0.05) is 61.8 Å². The summed E-state index contributed by atoms with van der Waals surface area (Å²) in [5, 5.41) is 12.6. The topological polar surface area (TPSA) is 121 Å². The third kappa shape index (κ3) is 7.80. The van der Waals surface area contributed by atoms with E-state index in [-0.39, 0.29) is 23.4 Å². The van der Waals surface area contributed by atoms with Crippen LogP contribution in [0.15, 0.2) is 53.5 Å². The molecule has 5 heterocycles. The van der Waals surface area contributed by atoms with Gasteiger partial charge in [-0.2, -0.15) is 5.10 Å². The minimum atomic E-state index is -0.186. The molecule has 0 radical (unpaired) electrons. The quantitative estimate of drug-likeness (QED) is 0.262. The number of aromatic nitrogens is 3. The average Bonchev–Trinajstić information content (AvgIpc) is 3.60. The summed E-state index contributed by atoms with van der Waals surface area (Å²) in [5.41, 5.74) is 5.15. The lowest BCUT2D eigenvalue weighted by Gasteiger charge is -2.42. The van der Waals surface area contributed by atoms with Gasteiger partial charge in [-0.15, -0.1) is 0 Å². The molecule has 3 fully saturated rings. The van der Waals surface area contributed by atoms with Gasteiger partial charge in [0.1, 0.15) is 0 Å². The van der Waals surface area contributed by atoms with E-state index >= 15 is 0 Å². The normalized spacial score (nSPS) is 19.3. The van der Waals surface area contributed by atoms with E-state index in [1.54, 1.807) is 4.90 Å². The van der Waals surface area contributed by atoms with Gasteiger partial charge >= 0.3 is 0 Å². The number of rotatable bonds is 7. The first-order valence-electron chi connectivity index (χ1n) is 17.5. The molecule has 2 aromatic carbocycles. The fourth-order valence-corrected chi connectivity index (χ4v) is 7.65. The number of H-pyrrole nitrogens is 2. The molecule has 1 atom stereocenters. The summed E-state index contributed by atoms with van der Waals surface area (Å²) >= 11 is 0. The molecule has 3 aliphatic heterocycles. The number of benzene rings is 2. The maximum atomic E-state index is 13.2. The predicted molar refractivity (Wildman–Crippen MR) is 190 cm³/mol. The highest BCUT2D eigenvalue weighted by molar-refractivity contribution is 5.84. The van der Waals surface area contributed by atoms with E-state index < -0.39 is 0 Å². The van der Waals surface area contributed by atoms with E-state index in [4.69, 9.17) is 0 Å². The molecule has 3 aliphatic rings. The number of hydrogen-bond donors (Lipinski definition) is 3. The van der Waals surface area contributed by atoms with Crippen LogP contribution in [0.1, 0.15) is 48.3 Å². The SMILES string of the molecule is CNC(Cc1cc(C)c2[nH]ncc2c1)C(=O)N1CCN(C2CCN(C)CC2)CC1.O=CN1CCC(c2cc3ccccc3[nH]c2=O)CC1. The van der Waals surface area contributed by atoms with Crippen LogP contribution in [0.25, 0.3) is 21.8 Å². The molecule has 2 aromatic heterocycles. The standard InChI is InChI=1S/C22H34N6O.C15H16N2O2/c1-16-12-17(13-18-15-24-25-21(16)18)14-20(23-2)22(29)28-10-8-27(9-11-28)19-4-6-26(3)7-5-19;18-10-17-7-5-11(6-8-17)13-9-12-3-1-2-4-14(12)16-15(13)19/h12-13,15,19-20,23H,4-11,14H2,1-3H3,(H,24,25);1-4,9-11H,5-8H2,(H,16,19). The molecule has 4 aromatic rings. The lowest BCUT2D eigenvalue weighted by molar-refractivity contribution is -0.135. The van der Waals surface area contributed by atoms with Crippen molar-refractivity contribution in [1.29, 1.82) is 0 Å². The summed E-state index contributed by atoms with van der Waals surface area (Å²) < 4.78 is 0. The van der Waals surface area contributed by atoms with Gasteiger partial charge in [-0.3, -0.25) is 24.4 Å². The molecule has 0 aliphatic carbocycles. The minimum Gasteiger partial charge on any atom is -0.345 e. The highest BCUT2D eigenvalue weighted by atomic mass is 16.2. The van der Waals surface area contributed by atoms with Crippen LogP contribution in [0.4, 0.5) is 0 Å². The van der Waals surface area contributed by atoms with Gasteiger partial charge in [0.25, 0.3) is 5.56 Å². The van der Waals surface area contributed by atoms with Gasteiger partial charge in [0.05, 0.1) is 17.8 Å². The maximum Gasteiger partial charge on any atom is 0.251 e. The second-order valence-electron chi connectivity index (χ2n) is 13.7. The lowest BCUT2D eigenvalue weighted by Crippen LogP contribution is -2.57. The molecule has 3 saturated heterocycles. The number of fused-ring (bicyclic) bond motifs is 2. The summed E-state index contributed by atoms with van der Waals surface area (Å²) in [7, 11) is 4.09. The zero-order valence-electron chi connectivity index (χ0n) is 28.6. The van der Waals surface area contributed by atoms with Gasteiger partial charge in [0.15, 0.2) is 0 Å². The second kappa shape index (κ2) is 15.4. The van der Waals surface area contributed by atoms with Crippen molar-refractivity contribution in [2.75, 3.05) is 66.5 Å². The Morgan fingerprint density at radius 2 is 1.71 bits per heavy atom. The molecule has 11 heteroatoms. The van der Waals surface area contributed by atoms with Crippen LogP contribution in [-0.2, 0) is 16.0 Å². The highest BCUT2D eigenvalue weighted by Crippen LogP contribution is 2.27. The van der Waals surface area contributed by atoms with E-state index in [0.29, 0.717) is 12.5 Å². The number of piperidine rings is 2. The number of likely N-dealkylation sites (N-methyl/N-ethyl adjacent to an activating group) is 1. The molecular formula is C37H50N8O3. The van der Waals surface area contributed by atoms with Gasteiger partial charge < -0.3 is 25.0 Å². The maximum absolute atomic E-state index is 13.2. The average molecular weight is 655 g/mol. The van der Waals surface area contributed by atoms with Crippen molar-refractivity contribution in [3.8, 4) is 0 Å². The Hall–Kier alpha value is -4.06. The van der Waals surface area contributed by atoms with Crippen molar-refractivity contribution in [3.05, 3.63) is 75.7 Å². The van der Waals surface area contributed by atoms with Crippen LogP contribution in [0.2, 0.25) is 0 Å². The number of hydrogen-bond acceptors (Lipinski definition) is 7. The Morgan fingerprint density at radius 1 is 0.979 bits per heavy atom. The smallest absolute Gasteiger partial charge is 0.251 e. The molecule has 0 bridgehead atoms. The molecule has 11 nitrogen and oxygen atoms in total. The number of para-hydroxylation sites is 1. The highest BCUT2D eigenvalue weighted by Gasteiger charge is 2.30. The number of aromatic amines is 2. The fraction of sp³-hybridized carbons (Fsp3) is 0.514. The number of nitrogens with zero attached hydrogens (tertiary/aromatic N) is 5. The Labute approximate surface area is 282 Å². The number of carbonyl (C=O) groups is 2. The van der Waals surface area contributed by atoms with Gasteiger partial charge in [-0.05, 0) is 107 Å². The third-order valence-corrected chi connectivity index (χ3v) is 10.6. The number of carbonyl (C=O) groups excluding carboxylic acids is 2. The second-order valence-corrected chi connectivity index (χ2v) is 13.7. The van der Waals surface area contributed by atoms with Gasteiger partial charge in [0.2, 0.25) is 12.3 Å². The van der Waals surface area contributed by atoms with Crippen molar-refractivity contribution in [1.82, 2.24) is 40.1 Å². The Balaban J connectivity index is 0.000000182. The summed E-state index contributed by atoms with van der Waals surface area (Å²) in [4.78, 5) is 47.8. The first-order valence-corrected chi connectivity index (χ1v) is 17.5. The van der Waals surface area contributed by atoms with Crippen molar-refractivity contribution in [2.24, 2.45) is 0 Å². The number of likely N-dealkylation sites (tertiary alicyclic amines) is 2. The Morgan fingerprint density at radius 3 is 2.42 bits per heavy atom. The largest absolute Gasteiger partial charge is 0.345 e. The molecular weight excluding hydrogens is 604 g/mol. The summed E-state index contributed by atoms with van der Waals surface area (Å²) in [6.07, 6.45) is 7.66. The molecule has 48 heavy (non-hydrogen) atoms. The molecule has 256 valence electrons. The molecule has 0 saturated carbocycles. The van der Waals surface area contributed by atoms with E-state index in [9.17, 15) is 14.4 Å².